The Morgan fingerprint density at radius 1 is 1.40 bits per heavy atom. The third-order valence-corrected chi connectivity index (χ3v) is 3.72. The fraction of sp³-hybridized carbons (Fsp3) is 0.923. The molecule has 1 saturated carbocycles. The topological polar surface area (TPSA) is 37.3 Å². The van der Waals surface area contributed by atoms with Crippen molar-refractivity contribution in [1.29, 1.82) is 0 Å². The average Bonchev–Trinajstić information content (AvgIpc) is 2.66. The van der Waals surface area contributed by atoms with E-state index in [2.05, 4.69) is 13.8 Å². The molecule has 0 aromatic rings. The van der Waals surface area contributed by atoms with E-state index >= 15 is 0 Å². The van der Waals surface area contributed by atoms with Gasteiger partial charge in [0, 0.05) is 0 Å². The van der Waals surface area contributed by atoms with Crippen LogP contribution in [0, 0.1) is 17.8 Å². The highest BCUT2D eigenvalue weighted by atomic mass is 16.4. The molecule has 2 nitrogen and oxygen atoms in total. The van der Waals surface area contributed by atoms with E-state index < -0.39 is 5.97 Å². The van der Waals surface area contributed by atoms with Gasteiger partial charge >= 0.3 is 5.97 Å². The zero-order valence-electron chi connectivity index (χ0n) is 10.0. The van der Waals surface area contributed by atoms with E-state index in [1.54, 1.807) is 0 Å². The van der Waals surface area contributed by atoms with Crippen LogP contribution in [0.15, 0.2) is 0 Å². The van der Waals surface area contributed by atoms with Crippen LogP contribution in [0.1, 0.15) is 58.8 Å². The van der Waals surface area contributed by atoms with Crippen LogP contribution in [0.3, 0.4) is 0 Å². The molecule has 2 atom stereocenters. The zero-order chi connectivity index (χ0) is 11.3. The lowest BCUT2D eigenvalue weighted by Gasteiger charge is -2.22. The van der Waals surface area contributed by atoms with Gasteiger partial charge in [0.2, 0.25) is 0 Å². The predicted molar refractivity (Wildman–Crippen MR) is 61.8 cm³/mol. The van der Waals surface area contributed by atoms with E-state index in [-0.39, 0.29) is 5.92 Å². The number of carboxylic acid groups (broad SMARTS) is 1. The van der Waals surface area contributed by atoms with Crippen molar-refractivity contribution in [3.05, 3.63) is 0 Å². The summed E-state index contributed by atoms with van der Waals surface area (Å²) in [5, 5.41) is 9.25. The normalized spacial score (nSPS) is 21.5. The molecule has 15 heavy (non-hydrogen) atoms. The predicted octanol–water partition coefficient (Wildman–Crippen LogP) is 3.70. The fourth-order valence-electron chi connectivity index (χ4n) is 2.90. The maximum Gasteiger partial charge on any atom is 0.306 e. The number of carbonyl (C=O) groups is 1. The maximum absolute atomic E-state index is 11.2. The Morgan fingerprint density at radius 2 is 2.00 bits per heavy atom. The van der Waals surface area contributed by atoms with Crippen molar-refractivity contribution in [1.82, 2.24) is 0 Å². The first-order valence-electron chi connectivity index (χ1n) is 6.38. The quantitative estimate of drug-likeness (QED) is 0.729. The molecule has 1 rings (SSSR count). The maximum atomic E-state index is 11.2. The van der Waals surface area contributed by atoms with Gasteiger partial charge in [0.1, 0.15) is 0 Å². The highest BCUT2D eigenvalue weighted by Crippen LogP contribution is 2.35. The molecule has 1 aliphatic rings. The van der Waals surface area contributed by atoms with Gasteiger partial charge in [-0.05, 0) is 31.1 Å². The number of hydrogen-bond acceptors (Lipinski definition) is 1. The van der Waals surface area contributed by atoms with Crippen LogP contribution in [-0.4, -0.2) is 11.1 Å². The van der Waals surface area contributed by atoms with Crippen LogP contribution in [0.5, 0.6) is 0 Å². The third-order valence-electron chi connectivity index (χ3n) is 3.72. The van der Waals surface area contributed by atoms with Gasteiger partial charge < -0.3 is 5.11 Å². The van der Waals surface area contributed by atoms with Crippen molar-refractivity contribution in [2.75, 3.05) is 0 Å². The lowest BCUT2D eigenvalue weighted by Crippen LogP contribution is -2.24. The van der Waals surface area contributed by atoms with Gasteiger partial charge in [-0.25, -0.2) is 0 Å². The highest BCUT2D eigenvalue weighted by Gasteiger charge is 2.31. The van der Waals surface area contributed by atoms with E-state index in [0.29, 0.717) is 11.8 Å². The molecular weight excluding hydrogens is 188 g/mol. The molecule has 0 heterocycles. The Labute approximate surface area is 93.1 Å². The van der Waals surface area contributed by atoms with Crippen molar-refractivity contribution in [3.8, 4) is 0 Å². The van der Waals surface area contributed by atoms with Crippen LogP contribution >= 0.6 is 0 Å². The van der Waals surface area contributed by atoms with E-state index in [1.807, 2.05) is 0 Å². The van der Waals surface area contributed by atoms with E-state index in [9.17, 15) is 9.90 Å². The lowest BCUT2D eigenvalue weighted by molar-refractivity contribution is -0.144. The Bertz CT molecular complexity index is 195. The van der Waals surface area contributed by atoms with E-state index in [4.69, 9.17) is 0 Å². The van der Waals surface area contributed by atoms with Gasteiger partial charge in [-0.15, -0.1) is 0 Å². The first kappa shape index (κ1) is 12.5. The minimum absolute atomic E-state index is 0.0750. The number of carboxylic acids is 1. The molecule has 0 saturated heterocycles. The minimum Gasteiger partial charge on any atom is -0.481 e. The third kappa shape index (κ3) is 3.84. The zero-order valence-corrected chi connectivity index (χ0v) is 10.0. The lowest BCUT2D eigenvalue weighted by atomic mass is 9.83. The van der Waals surface area contributed by atoms with Crippen molar-refractivity contribution in [2.24, 2.45) is 17.8 Å². The first-order valence-corrected chi connectivity index (χ1v) is 6.38. The highest BCUT2D eigenvalue weighted by molar-refractivity contribution is 5.70. The molecule has 1 aliphatic carbocycles. The van der Waals surface area contributed by atoms with Gasteiger partial charge in [0.25, 0.3) is 0 Å². The summed E-state index contributed by atoms with van der Waals surface area (Å²) in [5.41, 5.74) is 0. The molecule has 0 aromatic heterocycles. The monoisotopic (exact) mass is 212 g/mol. The fourth-order valence-corrected chi connectivity index (χ4v) is 2.90. The van der Waals surface area contributed by atoms with Gasteiger partial charge in [0.05, 0.1) is 5.92 Å². The molecule has 1 fully saturated rings. The van der Waals surface area contributed by atoms with Crippen LogP contribution < -0.4 is 0 Å². The minimum atomic E-state index is -0.565. The summed E-state index contributed by atoms with van der Waals surface area (Å²) in [7, 11) is 0. The second kappa shape index (κ2) is 6.14. The molecule has 0 aliphatic heterocycles. The summed E-state index contributed by atoms with van der Waals surface area (Å²) in [5.74, 6) is 0.386. The standard InChI is InChI=1S/C13H24O2/c1-3-6-10(2)9-12(13(14)15)11-7-4-5-8-11/h10-12H,3-9H2,1-2H3,(H,14,15). The molecule has 0 bridgehead atoms. The van der Waals surface area contributed by atoms with Gasteiger partial charge in [-0.3, -0.25) is 4.79 Å². The SMILES string of the molecule is CCCC(C)CC(C(=O)O)C1CCCC1. The van der Waals surface area contributed by atoms with Crippen LogP contribution in [0.25, 0.3) is 0 Å². The van der Waals surface area contributed by atoms with E-state index in [1.165, 1.54) is 12.8 Å². The Balaban J connectivity index is 2.46. The smallest absolute Gasteiger partial charge is 0.306 e. The summed E-state index contributed by atoms with van der Waals surface area (Å²) in [6, 6.07) is 0. The Hall–Kier alpha value is -0.530. The van der Waals surface area contributed by atoms with Crippen LogP contribution in [0.2, 0.25) is 0 Å². The van der Waals surface area contributed by atoms with Crippen LogP contribution in [-0.2, 0) is 4.79 Å². The van der Waals surface area contributed by atoms with Gasteiger partial charge in [-0.2, -0.15) is 0 Å². The largest absolute Gasteiger partial charge is 0.481 e. The summed E-state index contributed by atoms with van der Waals surface area (Å²) < 4.78 is 0. The van der Waals surface area contributed by atoms with Crippen molar-refractivity contribution in [2.45, 2.75) is 58.8 Å². The summed E-state index contributed by atoms with van der Waals surface area (Å²) in [4.78, 5) is 11.2. The molecule has 0 radical (unpaired) electrons. The molecule has 0 spiro atoms. The molecule has 88 valence electrons. The average molecular weight is 212 g/mol. The number of rotatable bonds is 6. The Kier molecular flexibility index (Phi) is 5.13. The second-order valence-electron chi connectivity index (χ2n) is 5.12. The summed E-state index contributed by atoms with van der Waals surface area (Å²) in [6.45, 7) is 4.36. The summed E-state index contributed by atoms with van der Waals surface area (Å²) in [6.07, 6.45) is 7.95. The van der Waals surface area contributed by atoms with Gasteiger partial charge in [-0.1, -0.05) is 39.5 Å². The number of aliphatic carboxylic acids is 1. The van der Waals surface area contributed by atoms with Crippen molar-refractivity contribution >= 4 is 5.97 Å². The molecule has 2 unspecified atom stereocenters. The Morgan fingerprint density at radius 3 is 2.47 bits per heavy atom. The van der Waals surface area contributed by atoms with Gasteiger partial charge in [0.15, 0.2) is 0 Å². The molecular formula is C13H24O2. The molecule has 2 heteroatoms. The van der Waals surface area contributed by atoms with E-state index in [0.717, 1.165) is 32.1 Å². The van der Waals surface area contributed by atoms with Crippen molar-refractivity contribution in [3.63, 3.8) is 0 Å². The molecule has 0 aromatic carbocycles. The molecule has 0 amide bonds. The molecule has 1 N–H and O–H groups in total. The van der Waals surface area contributed by atoms with Crippen molar-refractivity contribution < 1.29 is 9.90 Å². The first-order chi connectivity index (χ1) is 7.15. The van der Waals surface area contributed by atoms with Crippen LogP contribution in [0.4, 0.5) is 0 Å². The second-order valence-corrected chi connectivity index (χ2v) is 5.12. The number of hydrogen-bond donors (Lipinski definition) is 1. The summed E-state index contributed by atoms with van der Waals surface area (Å²) >= 11 is 0.